The molecular weight excluding hydrogens is 358 g/mol. The van der Waals surface area contributed by atoms with Gasteiger partial charge in [-0.3, -0.25) is 4.79 Å². The van der Waals surface area contributed by atoms with E-state index in [9.17, 15) is 4.79 Å². The maximum atomic E-state index is 12.8. The highest BCUT2D eigenvalue weighted by Gasteiger charge is 2.25. The van der Waals surface area contributed by atoms with Crippen LogP contribution in [0.15, 0.2) is 29.6 Å². The minimum Gasteiger partial charge on any atom is -0.494 e. The number of ether oxygens (including phenoxy) is 1. The number of nitrogens with zero attached hydrogens (tertiary/aromatic N) is 2. The third-order valence-corrected chi connectivity index (χ3v) is 5.89. The standard InChI is InChI=1S/C21H29N3O2S/c1-3-14-26-18-6-4-17(5-7-18)20-23-19(15-27-20)21(25)24-12-9-16(10-13-24)8-11-22-2/h4-7,15-16,22H,3,8-14H2,1-2H3. The summed E-state index contributed by atoms with van der Waals surface area (Å²) >= 11 is 1.52. The third-order valence-electron chi connectivity index (χ3n) is 5.00. The van der Waals surface area contributed by atoms with E-state index in [0.717, 1.165) is 67.7 Å². The molecule has 0 saturated carbocycles. The number of benzene rings is 1. The van der Waals surface area contributed by atoms with Gasteiger partial charge in [0.15, 0.2) is 0 Å². The molecule has 2 heterocycles. The summed E-state index contributed by atoms with van der Waals surface area (Å²) in [4.78, 5) is 19.3. The van der Waals surface area contributed by atoms with Crippen molar-refractivity contribution >= 4 is 17.2 Å². The Kier molecular flexibility index (Phi) is 7.24. The largest absolute Gasteiger partial charge is 0.494 e. The summed E-state index contributed by atoms with van der Waals surface area (Å²) in [7, 11) is 1.99. The molecule has 6 heteroatoms. The molecule has 1 amide bonds. The van der Waals surface area contributed by atoms with Gasteiger partial charge in [0.2, 0.25) is 0 Å². The summed E-state index contributed by atoms with van der Waals surface area (Å²) in [5.41, 5.74) is 1.59. The molecule has 5 nitrogen and oxygen atoms in total. The summed E-state index contributed by atoms with van der Waals surface area (Å²) in [6.45, 7) is 5.54. The number of carbonyl (C=O) groups is 1. The first-order valence-electron chi connectivity index (χ1n) is 9.84. The third kappa shape index (κ3) is 5.30. The second-order valence-corrected chi connectivity index (χ2v) is 7.90. The molecule has 1 aromatic carbocycles. The Balaban J connectivity index is 1.58. The number of thiazole rings is 1. The van der Waals surface area contributed by atoms with Crippen molar-refractivity contribution in [2.24, 2.45) is 5.92 Å². The van der Waals surface area contributed by atoms with Crippen LogP contribution in [0.3, 0.4) is 0 Å². The molecule has 3 rings (SSSR count). The normalized spacial score (nSPS) is 15.1. The summed E-state index contributed by atoms with van der Waals surface area (Å²) in [5.74, 6) is 1.66. The molecule has 1 aliphatic heterocycles. The maximum absolute atomic E-state index is 12.8. The van der Waals surface area contributed by atoms with Gasteiger partial charge in [0.1, 0.15) is 16.5 Å². The average molecular weight is 388 g/mol. The van der Waals surface area contributed by atoms with Crippen molar-refractivity contribution in [3.63, 3.8) is 0 Å². The van der Waals surface area contributed by atoms with Gasteiger partial charge >= 0.3 is 0 Å². The molecule has 1 fully saturated rings. The van der Waals surface area contributed by atoms with Crippen molar-refractivity contribution in [2.75, 3.05) is 33.3 Å². The Labute approximate surface area is 165 Å². The molecule has 2 aromatic rings. The van der Waals surface area contributed by atoms with E-state index in [1.165, 1.54) is 17.8 Å². The Hall–Kier alpha value is -1.92. The molecule has 0 atom stereocenters. The number of piperidine rings is 1. The zero-order chi connectivity index (χ0) is 19.1. The van der Waals surface area contributed by atoms with E-state index in [1.54, 1.807) is 0 Å². The highest BCUT2D eigenvalue weighted by molar-refractivity contribution is 7.13. The van der Waals surface area contributed by atoms with E-state index in [1.807, 2.05) is 41.6 Å². The fourth-order valence-electron chi connectivity index (χ4n) is 3.35. The molecule has 1 N–H and O–H groups in total. The van der Waals surface area contributed by atoms with Gasteiger partial charge < -0.3 is 15.0 Å². The van der Waals surface area contributed by atoms with Crippen molar-refractivity contribution in [2.45, 2.75) is 32.6 Å². The molecule has 0 aliphatic carbocycles. The number of aromatic nitrogens is 1. The van der Waals surface area contributed by atoms with Crippen LogP contribution in [-0.2, 0) is 0 Å². The minimum absolute atomic E-state index is 0.0625. The van der Waals surface area contributed by atoms with Gasteiger partial charge in [-0.15, -0.1) is 11.3 Å². The van der Waals surface area contributed by atoms with Crippen LogP contribution in [0.4, 0.5) is 0 Å². The van der Waals surface area contributed by atoms with E-state index in [2.05, 4.69) is 17.2 Å². The van der Waals surface area contributed by atoms with Gasteiger partial charge in [-0.1, -0.05) is 6.92 Å². The lowest BCUT2D eigenvalue weighted by atomic mass is 9.93. The summed E-state index contributed by atoms with van der Waals surface area (Å²) in [5, 5.41) is 5.97. The Morgan fingerprint density at radius 1 is 1.30 bits per heavy atom. The van der Waals surface area contributed by atoms with Crippen molar-refractivity contribution in [3.8, 4) is 16.3 Å². The van der Waals surface area contributed by atoms with Crippen molar-refractivity contribution in [3.05, 3.63) is 35.3 Å². The number of nitrogens with one attached hydrogen (secondary N) is 1. The molecule has 1 saturated heterocycles. The Morgan fingerprint density at radius 3 is 2.70 bits per heavy atom. The number of likely N-dealkylation sites (tertiary alicyclic amines) is 1. The molecule has 0 bridgehead atoms. The molecular formula is C21H29N3O2S. The van der Waals surface area contributed by atoms with Crippen LogP contribution in [0.25, 0.3) is 10.6 Å². The number of rotatable bonds is 8. The lowest BCUT2D eigenvalue weighted by molar-refractivity contribution is 0.0682. The number of carbonyl (C=O) groups excluding carboxylic acids is 1. The van der Waals surface area contributed by atoms with Gasteiger partial charge in [0.25, 0.3) is 5.91 Å². The van der Waals surface area contributed by atoms with E-state index < -0.39 is 0 Å². The highest BCUT2D eigenvalue weighted by atomic mass is 32.1. The molecule has 1 aromatic heterocycles. The van der Waals surface area contributed by atoms with Gasteiger partial charge in [-0.2, -0.15) is 0 Å². The number of amides is 1. The van der Waals surface area contributed by atoms with E-state index in [-0.39, 0.29) is 5.91 Å². The van der Waals surface area contributed by atoms with Gasteiger partial charge in [-0.05, 0) is 69.5 Å². The molecule has 1 aliphatic rings. The number of hydrogen-bond donors (Lipinski definition) is 1. The Morgan fingerprint density at radius 2 is 2.04 bits per heavy atom. The Bertz CT molecular complexity index is 721. The van der Waals surface area contributed by atoms with Crippen LogP contribution in [0.5, 0.6) is 5.75 Å². The minimum atomic E-state index is 0.0625. The topological polar surface area (TPSA) is 54.5 Å². The zero-order valence-corrected chi connectivity index (χ0v) is 17.1. The zero-order valence-electron chi connectivity index (χ0n) is 16.2. The lowest BCUT2D eigenvalue weighted by Gasteiger charge is -2.31. The predicted molar refractivity (Wildman–Crippen MR) is 111 cm³/mol. The van der Waals surface area contributed by atoms with Crippen molar-refractivity contribution in [1.82, 2.24) is 15.2 Å². The lowest BCUT2D eigenvalue weighted by Crippen LogP contribution is -2.39. The first-order valence-corrected chi connectivity index (χ1v) is 10.7. The van der Waals surface area contributed by atoms with Crippen LogP contribution < -0.4 is 10.1 Å². The molecule has 0 spiro atoms. The van der Waals surface area contributed by atoms with E-state index in [0.29, 0.717) is 5.69 Å². The molecule has 27 heavy (non-hydrogen) atoms. The average Bonchev–Trinajstić information content (AvgIpc) is 3.21. The smallest absolute Gasteiger partial charge is 0.273 e. The van der Waals surface area contributed by atoms with Crippen molar-refractivity contribution in [1.29, 1.82) is 0 Å². The quantitative estimate of drug-likeness (QED) is 0.742. The number of hydrogen-bond acceptors (Lipinski definition) is 5. The van der Waals surface area contributed by atoms with Gasteiger partial charge in [0, 0.05) is 24.0 Å². The fourth-order valence-corrected chi connectivity index (χ4v) is 4.15. The molecule has 146 valence electrons. The summed E-state index contributed by atoms with van der Waals surface area (Å²) in [6, 6.07) is 7.93. The van der Waals surface area contributed by atoms with Gasteiger partial charge in [-0.25, -0.2) is 4.98 Å². The second-order valence-electron chi connectivity index (χ2n) is 7.04. The fraction of sp³-hybridized carbons (Fsp3) is 0.524. The highest BCUT2D eigenvalue weighted by Crippen LogP contribution is 2.27. The first kappa shape index (κ1) is 19.8. The first-order chi connectivity index (χ1) is 13.2. The summed E-state index contributed by atoms with van der Waals surface area (Å²) in [6.07, 6.45) is 4.36. The SMILES string of the molecule is CCCOc1ccc(-c2nc(C(=O)N3CCC(CCNC)CC3)cs2)cc1. The molecule has 0 radical (unpaired) electrons. The predicted octanol–water partition coefficient (Wildman–Crippen LogP) is 4.06. The van der Waals surface area contributed by atoms with Crippen LogP contribution in [0.1, 0.15) is 43.1 Å². The van der Waals surface area contributed by atoms with Gasteiger partial charge in [0.05, 0.1) is 6.61 Å². The second kappa shape index (κ2) is 9.85. The molecule has 0 unspecified atom stereocenters. The van der Waals surface area contributed by atoms with Crippen LogP contribution in [0, 0.1) is 5.92 Å². The van der Waals surface area contributed by atoms with Crippen molar-refractivity contribution < 1.29 is 9.53 Å². The van der Waals surface area contributed by atoms with Crippen LogP contribution >= 0.6 is 11.3 Å². The monoisotopic (exact) mass is 387 g/mol. The van der Waals surface area contributed by atoms with E-state index in [4.69, 9.17) is 4.74 Å². The van der Waals surface area contributed by atoms with Crippen LogP contribution in [0.2, 0.25) is 0 Å². The van der Waals surface area contributed by atoms with E-state index >= 15 is 0 Å². The summed E-state index contributed by atoms with van der Waals surface area (Å²) < 4.78 is 5.62. The van der Waals surface area contributed by atoms with Crippen LogP contribution in [-0.4, -0.2) is 49.1 Å². The maximum Gasteiger partial charge on any atom is 0.273 e.